The van der Waals surface area contributed by atoms with Gasteiger partial charge in [0.1, 0.15) is 5.75 Å². The fourth-order valence-corrected chi connectivity index (χ4v) is 4.37. The van der Waals surface area contributed by atoms with Crippen molar-refractivity contribution in [3.63, 3.8) is 0 Å². The first-order chi connectivity index (χ1) is 14.7. The lowest BCUT2D eigenvalue weighted by Gasteiger charge is -2.16. The van der Waals surface area contributed by atoms with Gasteiger partial charge in [-0.2, -0.15) is 0 Å². The number of methoxy groups -OCH3 is 1. The number of hydrogen-bond acceptors (Lipinski definition) is 1. The Morgan fingerprint density at radius 2 is 1.47 bits per heavy atom. The van der Waals surface area contributed by atoms with E-state index in [1.807, 2.05) is 0 Å². The summed E-state index contributed by atoms with van der Waals surface area (Å²) in [5.41, 5.74) is 7.84. The Kier molecular flexibility index (Phi) is 6.55. The van der Waals surface area contributed by atoms with Crippen molar-refractivity contribution >= 4 is 0 Å². The molecule has 4 rings (SSSR count). The summed E-state index contributed by atoms with van der Waals surface area (Å²) in [6, 6.07) is 23.8. The Labute approximate surface area is 181 Å². The minimum absolute atomic E-state index is 0.692. The lowest BCUT2D eigenvalue weighted by atomic mass is 9.88. The van der Waals surface area contributed by atoms with E-state index < -0.39 is 0 Å². The second-order valence-electron chi connectivity index (χ2n) is 8.36. The van der Waals surface area contributed by atoms with Crippen molar-refractivity contribution in [2.24, 2.45) is 0 Å². The van der Waals surface area contributed by atoms with E-state index in [-0.39, 0.29) is 0 Å². The normalized spacial score (nSPS) is 13.7. The highest BCUT2D eigenvalue weighted by molar-refractivity contribution is 5.47. The van der Waals surface area contributed by atoms with Gasteiger partial charge in [-0.15, -0.1) is 0 Å². The summed E-state index contributed by atoms with van der Waals surface area (Å²) < 4.78 is 5.28. The molecule has 0 aliphatic heterocycles. The van der Waals surface area contributed by atoms with Gasteiger partial charge >= 0.3 is 0 Å². The van der Waals surface area contributed by atoms with E-state index in [0.29, 0.717) is 5.92 Å². The molecule has 0 radical (unpaired) electrons. The predicted molar refractivity (Wildman–Crippen MR) is 125 cm³/mol. The van der Waals surface area contributed by atoms with Crippen molar-refractivity contribution in [3.8, 4) is 17.6 Å². The third-order valence-corrected chi connectivity index (χ3v) is 6.19. The maximum atomic E-state index is 5.28. The molecule has 152 valence electrons. The van der Waals surface area contributed by atoms with Crippen molar-refractivity contribution in [1.82, 2.24) is 0 Å². The number of ether oxygens (including phenoxy) is 1. The van der Waals surface area contributed by atoms with E-state index in [2.05, 4.69) is 85.5 Å². The molecule has 3 aromatic rings. The molecule has 1 aliphatic carbocycles. The van der Waals surface area contributed by atoms with Crippen LogP contribution in [0.25, 0.3) is 0 Å². The molecule has 0 aromatic heterocycles. The van der Waals surface area contributed by atoms with Crippen LogP contribution in [-0.4, -0.2) is 7.11 Å². The van der Waals surface area contributed by atoms with Gasteiger partial charge in [-0.25, -0.2) is 0 Å². The Morgan fingerprint density at radius 3 is 2.17 bits per heavy atom. The van der Waals surface area contributed by atoms with Crippen LogP contribution < -0.4 is 4.74 Å². The SMILES string of the molecule is COc1ccc(CCc2ccc(C#Cc3ccc(C)cc3)cc2C2CCCC2)cc1. The summed E-state index contributed by atoms with van der Waals surface area (Å²) in [5.74, 6) is 8.34. The van der Waals surface area contributed by atoms with Crippen LogP contribution >= 0.6 is 0 Å². The number of hydrogen-bond donors (Lipinski definition) is 0. The van der Waals surface area contributed by atoms with E-state index in [4.69, 9.17) is 4.74 Å². The van der Waals surface area contributed by atoms with E-state index in [0.717, 1.165) is 29.7 Å². The van der Waals surface area contributed by atoms with Crippen molar-refractivity contribution in [2.45, 2.75) is 51.4 Å². The standard InChI is InChI=1S/C29H30O/c1-22-7-9-23(10-8-22)11-12-25-14-18-27(29(21-25)26-5-3-4-6-26)17-13-24-15-19-28(30-2)20-16-24/h7-10,14-16,18-21,26H,3-6,13,17H2,1-2H3. The van der Waals surface area contributed by atoms with Crippen LogP contribution in [0.2, 0.25) is 0 Å². The van der Waals surface area contributed by atoms with Gasteiger partial charge in [0.15, 0.2) is 0 Å². The van der Waals surface area contributed by atoms with Crippen molar-refractivity contribution < 1.29 is 4.74 Å². The fraction of sp³-hybridized carbons (Fsp3) is 0.310. The zero-order chi connectivity index (χ0) is 20.8. The molecule has 0 saturated heterocycles. The fourth-order valence-electron chi connectivity index (χ4n) is 4.37. The first kappa shape index (κ1) is 20.3. The molecule has 0 N–H and O–H groups in total. The monoisotopic (exact) mass is 394 g/mol. The minimum atomic E-state index is 0.692. The minimum Gasteiger partial charge on any atom is -0.497 e. The van der Waals surface area contributed by atoms with Gasteiger partial charge in [-0.05, 0) is 91.6 Å². The first-order valence-corrected chi connectivity index (χ1v) is 11.1. The molecule has 1 aliphatic rings. The smallest absolute Gasteiger partial charge is 0.118 e. The summed E-state index contributed by atoms with van der Waals surface area (Å²) in [7, 11) is 1.71. The molecule has 0 bridgehead atoms. The maximum absolute atomic E-state index is 5.28. The molecule has 1 nitrogen and oxygen atoms in total. The molecule has 0 atom stereocenters. The third-order valence-electron chi connectivity index (χ3n) is 6.19. The van der Waals surface area contributed by atoms with Crippen LogP contribution in [0.15, 0.2) is 66.7 Å². The Morgan fingerprint density at radius 1 is 0.800 bits per heavy atom. The van der Waals surface area contributed by atoms with Crippen LogP contribution in [0.5, 0.6) is 5.75 Å². The highest BCUT2D eigenvalue weighted by Gasteiger charge is 2.20. The molecule has 0 heterocycles. The van der Waals surface area contributed by atoms with Gasteiger partial charge in [0, 0.05) is 11.1 Å². The van der Waals surface area contributed by atoms with Crippen molar-refractivity contribution in [3.05, 3.63) is 100 Å². The second-order valence-corrected chi connectivity index (χ2v) is 8.36. The number of aryl methyl sites for hydroxylation is 3. The van der Waals surface area contributed by atoms with Gasteiger partial charge in [0.25, 0.3) is 0 Å². The van der Waals surface area contributed by atoms with E-state index in [1.54, 1.807) is 7.11 Å². The molecule has 30 heavy (non-hydrogen) atoms. The highest BCUT2D eigenvalue weighted by atomic mass is 16.5. The molecular formula is C29H30O. The van der Waals surface area contributed by atoms with Crippen LogP contribution in [0.3, 0.4) is 0 Å². The van der Waals surface area contributed by atoms with Crippen molar-refractivity contribution in [2.75, 3.05) is 7.11 Å². The van der Waals surface area contributed by atoms with Crippen LogP contribution in [0, 0.1) is 18.8 Å². The Balaban J connectivity index is 1.54. The van der Waals surface area contributed by atoms with E-state index >= 15 is 0 Å². The molecule has 3 aromatic carbocycles. The van der Waals surface area contributed by atoms with E-state index in [9.17, 15) is 0 Å². The summed E-state index contributed by atoms with van der Waals surface area (Å²) in [6.45, 7) is 2.11. The molecule has 0 spiro atoms. The number of rotatable bonds is 5. The molecule has 1 heteroatoms. The zero-order valence-electron chi connectivity index (χ0n) is 18.1. The van der Waals surface area contributed by atoms with Crippen molar-refractivity contribution in [1.29, 1.82) is 0 Å². The second kappa shape index (κ2) is 9.68. The average Bonchev–Trinajstić information content (AvgIpc) is 3.33. The van der Waals surface area contributed by atoms with Gasteiger partial charge in [0.05, 0.1) is 7.11 Å². The lowest BCUT2D eigenvalue weighted by molar-refractivity contribution is 0.414. The zero-order valence-corrected chi connectivity index (χ0v) is 18.1. The number of benzene rings is 3. The van der Waals surface area contributed by atoms with Crippen LogP contribution in [-0.2, 0) is 12.8 Å². The topological polar surface area (TPSA) is 9.23 Å². The van der Waals surface area contributed by atoms with Crippen LogP contribution in [0.4, 0.5) is 0 Å². The summed E-state index contributed by atoms with van der Waals surface area (Å²) in [6.07, 6.45) is 7.44. The molecule has 1 saturated carbocycles. The summed E-state index contributed by atoms with van der Waals surface area (Å²) >= 11 is 0. The maximum Gasteiger partial charge on any atom is 0.118 e. The average molecular weight is 395 g/mol. The van der Waals surface area contributed by atoms with Gasteiger partial charge in [-0.1, -0.05) is 60.6 Å². The quantitative estimate of drug-likeness (QED) is 0.430. The largest absolute Gasteiger partial charge is 0.497 e. The van der Waals surface area contributed by atoms with Gasteiger partial charge in [0.2, 0.25) is 0 Å². The first-order valence-electron chi connectivity index (χ1n) is 11.1. The summed E-state index contributed by atoms with van der Waals surface area (Å²) in [5, 5.41) is 0. The lowest BCUT2D eigenvalue weighted by Crippen LogP contribution is -2.02. The van der Waals surface area contributed by atoms with Gasteiger partial charge < -0.3 is 4.74 Å². The third kappa shape index (κ3) is 5.14. The highest BCUT2D eigenvalue weighted by Crippen LogP contribution is 2.36. The Bertz CT molecular complexity index is 1030. The molecule has 1 fully saturated rings. The van der Waals surface area contributed by atoms with Gasteiger partial charge in [-0.3, -0.25) is 0 Å². The van der Waals surface area contributed by atoms with Crippen LogP contribution in [0.1, 0.15) is 65.0 Å². The molecule has 0 amide bonds. The summed E-state index contributed by atoms with van der Waals surface area (Å²) in [4.78, 5) is 0. The molecule has 0 unspecified atom stereocenters. The molecular weight excluding hydrogens is 364 g/mol. The van der Waals surface area contributed by atoms with E-state index in [1.165, 1.54) is 47.9 Å². The Hall–Kier alpha value is -2.98. The predicted octanol–water partition coefficient (Wildman–Crippen LogP) is 6.85.